The minimum absolute atomic E-state index is 0.111. The van der Waals surface area contributed by atoms with Crippen LogP contribution in [0.2, 0.25) is 0 Å². The second-order valence-electron chi connectivity index (χ2n) is 3.48. The van der Waals surface area contributed by atoms with E-state index >= 15 is 0 Å². The van der Waals surface area contributed by atoms with Gasteiger partial charge in [0.05, 0.1) is 11.7 Å². The minimum Gasteiger partial charge on any atom is -0.409 e. The molecule has 1 atom stereocenters. The first kappa shape index (κ1) is 12.4. The van der Waals surface area contributed by atoms with Crippen LogP contribution in [0.25, 0.3) is 0 Å². The van der Waals surface area contributed by atoms with Gasteiger partial charge < -0.3 is 15.8 Å². The van der Waals surface area contributed by atoms with Crippen LogP contribution in [0.5, 0.6) is 0 Å². The number of oxime groups is 1. The van der Waals surface area contributed by atoms with Crippen LogP contribution >= 0.6 is 11.3 Å². The fraction of sp³-hybridized carbons (Fsp3) is 0.444. The second kappa shape index (κ2) is 5.45. The van der Waals surface area contributed by atoms with Crippen molar-refractivity contribution in [1.82, 2.24) is 9.88 Å². The van der Waals surface area contributed by atoms with Crippen LogP contribution in [0.3, 0.4) is 0 Å². The van der Waals surface area contributed by atoms with Gasteiger partial charge in [-0.15, -0.1) is 11.3 Å². The van der Waals surface area contributed by atoms with Crippen molar-refractivity contribution < 1.29 is 10.0 Å². The Labute approximate surface area is 97.4 Å². The number of carbonyl (C=O) groups is 1. The molecule has 0 aromatic carbocycles. The average Bonchev–Trinajstić information content (AvgIpc) is 2.79. The highest BCUT2D eigenvalue weighted by Crippen LogP contribution is 2.10. The zero-order valence-corrected chi connectivity index (χ0v) is 9.94. The number of amidine groups is 1. The van der Waals surface area contributed by atoms with Crippen LogP contribution < -0.4 is 5.73 Å². The Morgan fingerprint density at radius 3 is 3.00 bits per heavy atom. The molecular weight excluding hydrogens is 228 g/mol. The monoisotopic (exact) mass is 242 g/mol. The third-order valence-electron chi connectivity index (χ3n) is 2.16. The van der Waals surface area contributed by atoms with Gasteiger partial charge in [-0.2, -0.15) is 0 Å². The Morgan fingerprint density at radius 1 is 1.81 bits per heavy atom. The van der Waals surface area contributed by atoms with E-state index in [-0.39, 0.29) is 17.7 Å². The van der Waals surface area contributed by atoms with E-state index in [9.17, 15) is 4.79 Å². The SMILES string of the molecule is CC(CN(C)C(=O)c1cncs1)C(N)=NO. The largest absolute Gasteiger partial charge is 0.409 e. The molecule has 7 heteroatoms. The van der Waals surface area contributed by atoms with Crippen molar-refractivity contribution in [3.8, 4) is 0 Å². The van der Waals surface area contributed by atoms with Crippen molar-refractivity contribution in [2.75, 3.05) is 13.6 Å². The third kappa shape index (κ3) is 2.93. The maximum Gasteiger partial charge on any atom is 0.265 e. The van der Waals surface area contributed by atoms with Crippen LogP contribution in [0.15, 0.2) is 16.9 Å². The molecule has 1 aromatic rings. The van der Waals surface area contributed by atoms with E-state index in [1.165, 1.54) is 22.4 Å². The molecule has 0 saturated carbocycles. The number of hydrogen-bond donors (Lipinski definition) is 2. The number of nitrogens with zero attached hydrogens (tertiary/aromatic N) is 3. The van der Waals surface area contributed by atoms with Gasteiger partial charge in [-0.25, -0.2) is 0 Å². The van der Waals surface area contributed by atoms with Crippen LogP contribution in [0, 0.1) is 5.92 Å². The smallest absolute Gasteiger partial charge is 0.265 e. The highest BCUT2D eigenvalue weighted by molar-refractivity contribution is 7.11. The molecule has 1 unspecified atom stereocenters. The van der Waals surface area contributed by atoms with Gasteiger partial charge in [-0.3, -0.25) is 9.78 Å². The Kier molecular flexibility index (Phi) is 4.24. The Morgan fingerprint density at radius 2 is 2.50 bits per heavy atom. The molecule has 1 heterocycles. The minimum atomic E-state index is -0.188. The van der Waals surface area contributed by atoms with E-state index in [2.05, 4.69) is 10.1 Å². The molecule has 16 heavy (non-hydrogen) atoms. The van der Waals surface area contributed by atoms with Gasteiger partial charge in [-0.1, -0.05) is 12.1 Å². The number of hydrogen-bond acceptors (Lipinski definition) is 5. The summed E-state index contributed by atoms with van der Waals surface area (Å²) in [5.41, 5.74) is 7.04. The van der Waals surface area contributed by atoms with Crippen molar-refractivity contribution in [2.24, 2.45) is 16.8 Å². The van der Waals surface area contributed by atoms with E-state index in [1.54, 1.807) is 19.5 Å². The number of aromatic nitrogens is 1. The number of nitrogens with two attached hydrogens (primary N) is 1. The Bertz CT molecular complexity index is 377. The van der Waals surface area contributed by atoms with Gasteiger partial charge in [0, 0.05) is 19.5 Å². The molecular formula is C9H14N4O2S. The normalized spacial score (nSPS) is 13.5. The summed E-state index contributed by atoms with van der Waals surface area (Å²) in [5.74, 6) is -0.184. The van der Waals surface area contributed by atoms with E-state index < -0.39 is 0 Å². The molecule has 0 saturated heterocycles. The van der Waals surface area contributed by atoms with E-state index in [1.807, 2.05) is 0 Å². The summed E-state index contributed by atoms with van der Waals surface area (Å²) in [6.07, 6.45) is 1.53. The molecule has 1 aromatic heterocycles. The molecule has 3 N–H and O–H groups in total. The Hall–Kier alpha value is -1.63. The predicted molar refractivity (Wildman–Crippen MR) is 61.6 cm³/mol. The zero-order chi connectivity index (χ0) is 12.1. The van der Waals surface area contributed by atoms with Gasteiger partial charge in [0.15, 0.2) is 0 Å². The molecule has 1 amide bonds. The fourth-order valence-corrected chi connectivity index (χ4v) is 1.81. The molecule has 88 valence electrons. The summed E-state index contributed by atoms with van der Waals surface area (Å²) in [6, 6.07) is 0. The molecule has 6 nitrogen and oxygen atoms in total. The standard InChI is InChI=1S/C9H14N4O2S/c1-6(8(10)12-15)4-13(2)9(14)7-3-11-5-16-7/h3,5-6,15H,4H2,1-2H3,(H2,10,12). The first-order valence-electron chi connectivity index (χ1n) is 4.67. The fourth-order valence-electron chi connectivity index (χ4n) is 1.20. The van der Waals surface area contributed by atoms with E-state index in [0.29, 0.717) is 11.4 Å². The van der Waals surface area contributed by atoms with Crippen molar-refractivity contribution in [2.45, 2.75) is 6.92 Å². The zero-order valence-electron chi connectivity index (χ0n) is 9.12. The van der Waals surface area contributed by atoms with Gasteiger partial charge in [0.2, 0.25) is 0 Å². The van der Waals surface area contributed by atoms with Crippen molar-refractivity contribution in [3.05, 3.63) is 16.6 Å². The molecule has 0 aliphatic rings. The molecule has 0 bridgehead atoms. The summed E-state index contributed by atoms with van der Waals surface area (Å²) in [4.78, 5) is 17.7. The topological polar surface area (TPSA) is 91.8 Å². The van der Waals surface area contributed by atoms with Crippen LogP contribution in [0.4, 0.5) is 0 Å². The highest BCUT2D eigenvalue weighted by Gasteiger charge is 2.17. The molecule has 0 fully saturated rings. The lowest BCUT2D eigenvalue weighted by Crippen LogP contribution is -2.36. The lowest BCUT2D eigenvalue weighted by atomic mass is 10.1. The summed E-state index contributed by atoms with van der Waals surface area (Å²) in [5, 5.41) is 11.4. The van der Waals surface area contributed by atoms with Gasteiger partial charge in [0.25, 0.3) is 5.91 Å². The average molecular weight is 242 g/mol. The summed E-state index contributed by atoms with van der Waals surface area (Å²) < 4.78 is 0. The number of rotatable bonds is 4. The maximum atomic E-state index is 11.8. The lowest BCUT2D eigenvalue weighted by molar-refractivity contribution is 0.0790. The summed E-state index contributed by atoms with van der Waals surface area (Å²) >= 11 is 1.29. The third-order valence-corrected chi connectivity index (χ3v) is 2.92. The second-order valence-corrected chi connectivity index (χ2v) is 4.36. The summed E-state index contributed by atoms with van der Waals surface area (Å²) in [7, 11) is 1.67. The summed E-state index contributed by atoms with van der Waals surface area (Å²) in [6.45, 7) is 2.18. The molecule has 0 aliphatic heterocycles. The lowest BCUT2D eigenvalue weighted by Gasteiger charge is -2.19. The quantitative estimate of drug-likeness (QED) is 0.350. The van der Waals surface area contributed by atoms with Gasteiger partial charge in [-0.05, 0) is 0 Å². The van der Waals surface area contributed by atoms with Crippen molar-refractivity contribution in [3.63, 3.8) is 0 Å². The number of amides is 1. The number of thiazole rings is 1. The van der Waals surface area contributed by atoms with Crippen LogP contribution in [-0.4, -0.2) is 40.4 Å². The van der Waals surface area contributed by atoms with Gasteiger partial charge >= 0.3 is 0 Å². The van der Waals surface area contributed by atoms with Gasteiger partial charge in [0.1, 0.15) is 10.7 Å². The highest BCUT2D eigenvalue weighted by atomic mass is 32.1. The molecule has 1 rings (SSSR count). The van der Waals surface area contributed by atoms with Crippen LogP contribution in [-0.2, 0) is 0 Å². The molecule has 0 radical (unpaired) electrons. The first-order chi connectivity index (χ1) is 7.56. The molecule has 0 aliphatic carbocycles. The van der Waals surface area contributed by atoms with Crippen LogP contribution in [0.1, 0.15) is 16.6 Å². The van der Waals surface area contributed by atoms with E-state index in [0.717, 1.165) is 0 Å². The van der Waals surface area contributed by atoms with Crippen molar-refractivity contribution in [1.29, 1.82) is 0 Å². The molecule has 0 spiro atoms. The number of carbonyl (C=O) groups excluding carboxylic acids is 1. The predicted octanol–water partition coefficient (Wildman–Crippen LogP) is 0.598. The maximum absolute atomic E-state index is 11.8. The van der Waals surface area contributed by atoms with Crippen molar-refractivity contribution >= 4 is 23.1 Å². The first-order valence-corrected chi connectivity index (χ1v) is 5.55. The Balaban J connectivity index is 2.59. The van der Waals surface area contributed by atoms with E-state index in [4.69, 9.17) is 10.9 Å².